The molecule has 1 N–H and O–H groups in total. The summed E-state index contributed by atoms with van der Waals surface area (Å²) in [7, 11) is 0. The molecule has 1 unspecified atom stereocenters. The highest BCUT2D eigenvalue weighted by Crippen LogP contribution is 2.18. The van der Waals surface area contributed by atoms with Crippen LogP contribution in [-0.2, 0) is 9.59 Å². The van der Waals surface area contributed by atoms with Gasteiger partial charge in [0.25, 0.3) is 5.91 Å². The van der Waals surface area contributed by atoms with E-state index in [0.29, 0.717) is 54.2 Å². The third-order valence-corrected chi connectivity index (χ3v) is 5.31. The van der Waals surface area contributed by atoms with E-state index in [1.165, 1.54) is 0 Å². The maximum atomic E-state index is 12.4. The van der Waals surface area contributed by atoms with E-state index in [0.717, 1.165) is 6.42 Å². The number of ether oxygens (including phenoxy) is 2. The molecule has 2 aromatic carbocycles. The van der Waals surface area contributed by atoms with Crippen LogP contribution in [0.1, 0.15) is 12.8 Å². The zero-order valence-electron chi connectivity index (χ0n) is 16.5. The molecule has 1 fully saturated rings. The fourth-order valence-electron chi connectivity index (χ4n) is 3.16. The lowest BCUT2D eigenvalue weighted by Crippen LogP contribution is -2.35. The van der Waals surface area contributed by atoms with Gasteiger partial charge in [-0.2, -0.15) is 0 Å². The zero-order valence-corrected chi connectivity index (χ0v) is 18.0. The van der Waals surface area contributed by atoms with Gasteiger partial charge in [-0.05, 0) is 60.9 Å². The van der Waals surface area contributed by atoms with Crippen LogP contribution in [0, 0.1) is 5.92 Å². The number of halogens is 2. The lowest BCUT2D eigenvalue weighted by Gasteiger charge is -2.17. The predicted molar refractivity (Wildman–Crippen MR) is 116 cm³/mol. The van der Waals surface area contributed by atoms with E-state index >= 15 is 0 Å². The number of hydrogen-bond acceptors (Lipinski definition) is 4. The van der Waals surface area contributed by atoms with Crippen molar-refractivity contribution in [2.75, 3.05) is 32.8 Å². The Balaban J connectivity index is 1.30. The molecule has 160 valence electrons. The Kier molecular flexibility index (Phi) is 8.22. The average molecular weight is 451 g/mol. The molecule has 0 bridgehead atoms. The monoisotopic (exact) mass is 450 g/mol. The van der Waals surface area contributed by atoms with Crippen LogP contribution in [0.25, 0.3) is 0 Å². The van der Waals surface area contributed by atoms with Gasteiger partial charge in [0.2, 0.25) is 5.91 Å². The Hall–Kier alpha value is -2.44. The Morgan fingerprint density at radius 2 is 1.57 bits per heavy atom. The largest absolute Gasteiger partial charge is 0.493 e. The molecule has 1 aliphatic heterocycles. The van der Waals surface area contributed by atoms with Crippen LogP contribution in [-0.4, -0.2) is 49.6 Å². The maximum absolute atomic E-state index is 12.4. The lowest BCUT2D eigenvalue weighted by atomic mass is 10.1. The molecule has 0 aliphatic carbocycles. The fourth-order valence-corrected chi connectivity index (χ4v) is 3.41. The summed E-state index contributed by atoms with van der Waals surface area (Å²) in [4.78, 5) is 26.2. The number of benzene rings is 2. The normalized spacial score (nSPS) is 15.7. The van der Waals surface area contributed by atoms with Crippen molar-refractivity contribution in [2.45, 2.75) is 12.8 Å². The first kappa shape index (κ1) is 22.2. The Morgan fingerprint density at radius 1 is 0.967 bits per heavy atom. The van der Waals surface area contributed by atoms with E-state index in [2.05, 4.69) is 5.32 Å². The molecule has 0 spiro atoms. The summed E-state index contributed by atoms with van der Waals surface area (Å²) in [5.74, 6) is 1.39. The van der Waals surface area contributed by atoms with E-state index in [4.69, 9.17) is 32.7 Å². The molecular weight excluding hydrogens is 427 g/mol. The number of likely N-dealkylation sites (tertiary alicyclic amines) is 1. The molecule has 1 saturated heterocycles. The molecule has 6 nitrogen and oxygen atoms in total. The molecule has 3 rings (SSSR count). The van der Waals surface area contributed by atoms with Crippen LogP contribution in [0.4, 0.5) is 0 Å². The second kappa shape index (κ2) is 11.1. The highest BCUT2D eigenvalue weighted by atomic mass is 35.5. The van der Waals surface area contributed by atoms with Gasteiger partial charge in [0.1, 0.15) is 11.5 Å². The number of nitrogens with one attached hydrogen (secondary N) is 1. The molecule has 2 aromatic rings. The van der Waals surface area contributed by atoms with Crippen LogP contribution >= 0.6 is 23.2 Å². The van der Waals surface area contributed by atoms with Gasteiger partial charge in [0.15, 0.2) is 6.61 Å². The average Bonchev–Trinajstić information content (AvgIpc) is 3.22. The standard InChI is InChI=1S/C22H24Cl2N2O4/c23-17-1-5-19(6-2-17)29-12-10-22(28)26-11-9-16(14-26)13-25-21(27)15-30-20-7-3-18(24)4-8-20/h1-8,16H,9-15H2,(H,25,27). The van der Waals surface area contributed by atoms with E-state index in [-0.39, 0.29) is 24.3 Å². The minimum Gasteiger partial charge on any atom is -0.493 e. The van der Waals surface area contributed by atoms with Crippen molar-refractivity contribution in [3.8, 4) is 11.5 Å². The second-order valence-corrected chi connectivity index (χ2v) is 7.97. The minimum absolute atomic E-state index is 0.0565. The third kappa shape index (κ3) is 7.11. The highest BCUT2D eigenvalue weighted by Gasteiger charge is 2.26. The number of carbonyl (C=O) groups is 2. The summed E-state index contributed by atoms with van der Waals surface area (Å²) in [6, 6.07) is 13.9. The summed E-state index contributed by atoms with van der Waals surface area (Å²) in [5, 5.41) is 4.13. The number of rotatable bonds is 9. The lowest BCUT2D eigenvalue weighted by molar-refractivity contribution is -0.130. The van der Waals surface area contributed by atoms with Gasteiger partial charge in [-0.25, -0.2) is 0 Å². The molecule has 30 heavy (non-hydrogen) atoms. The summed E-state index contributed by atoms with van der Waals surface area (Å²) in [6.07, 6.45) is 1.18. The second-order valence-electron chi connectivity index (χ2n) is 7.09. The van der Waals surface area contributed by atoms with Crippen molar-refractivity contribution in [3.05, 3.63) is 58.6 Å². The third-order valence-electron chi connectivity index (χ3n) is 4.81. The van der Waals surface area contributed by atoms with Crippen molar-refractivity contribution in [2.24, 2.45) is 5.92 Å². The van der Waals surface area contributed by atoms with Crippen molar-refractivity contribution >= 4 is 35.0 Å². The van der Waals surface area contributed by atoms with Gasteiger partial charge in [-0.3, -0.25) is 9.59 Å². The van der Waals surface area contributed by atoms with E-state index in [1.807, 2.05) is 4.90 Å². The molecule has 2 amide bonds. The number of hydrogen-bond donors (Lipinski definition) is 1. The zero-order chi connectivity index (χ0) is 21.3. The quantitative estimate of drug-likeness (QED) is 0.630. The molecular formula is C22H24Cl2N2O4. The SMILES string of the molecule is O=C(COc1ccc(Cl)cc1)NCC1CCN(C(=O)CCOc2ccc(Cl)cc2)C1. The van der Waals surface area contributed by atoms with Crippen molar-refractivity contribution in [1.82, 2.24) is 10.2 Å². The summed E-state index contributed by atoms with van der Waals surface area (Å²) in [6.45, 7) is 2.12. The molecule has 0 aromatic heterocycles. The van der Waals surface area contributed by atoms with Gasteiger partial charge in [-0.1, -0.05) is 23.2 Å². The van der Waals surface area contributed by atoms with Crippen LogP contribution in [0.15, 0.2) is 48.5 Å². The number of nitrogens with zero attached hydrogens (tertiary/aromatic N) is 1. The van der Waals surface area contributed by atoms with Crippen molar-refractivity contribution in [3.63, 3.8) is 0 Å². The maximum Gasteiger partial charge on any atom is 0.257 e. The van der Waals surface area contributed by atoms with Gasteiger partial charge < -0.3 is 19.7 Å². The fraction of sp³-hybridized carbons (Fsp3) is 0.364. The first-order chi connectivity index (χ1) is 14.5. The van der Waals surface area contributed by atoms with E-state index < -0.39 is 0 Å². The number of amides is 2. The van der Waals surface area contributed by atoms with Crippen molar-refractivity contribution in [1.29, 1.82) is 0 Å². The van der Waals surface area contributed by atoms with Crippen LogP contribution in [0.3, 0.4) is 0 Å². The Morgan fingerprint density at radius 3 is 2.20 bits per heavy atom. The van der Waals surface area contributed by atoms with E-state index in [9.17, 15) is 9.59 Å². The van der Waals surface area contributed by atoms with Crippen LogP contribution < -0.4 is 14.8 Å². The highest BCUT2D eigenvalue weighted by molar-refractivity contribution is 6.30. The van der Waals surface area contributed by atoms with Gasteiger partial charge >= 0.3 is 0 Å². The summed E-state index contributed by atoms with van der Waals surface area (Å²) in [5.41, 5.74) is 0. The summed E-state index contributed by atoms with van der Waals surface area (Å²) >= 11 is 11.7. The molecule has 8 heteroatoms. The first-order valence-electron chi connectivity index (χ1n) is 9.81. The smallest absolute Gasteiger partial charge is 0.257 e. The number of carbonyl (C=O) groups excluding carboxylic acids is 2. The Labute approximate surface area is 186 Å². The summed E-state index contributed by atoms with van der Waals surface area (Å²) < 4.78 is 11.0. The van der Waals surface area contributed by atoms with Gasteiger partial charge in [-0.15, -0.1) is 0 Å². The molecule has 1 aliphatic rings. The Bertz CT molecular complexity index is 843. The molecule has 0 saturated carbocycles. The molecule has 1 heterocycles. The van der Waals surface area contributed by atoms with Crippen molar-refractivity contribution < 1.29 is 19.1 Å². The van der Waals surface area contributed by atoms with Gasteiger partial charge in [0, 0.05) is 29.7 Å². The molecule has 0 radical (unpaired) electrons. The van der Waals surface area contributed by atoms with Crippen LogP contribution in [0.2, 0.25) is 10.0 Å². The van der Waals surface area contributed by atoms with E-state index in [1.54, 1.807) is 48.5 Å². The minimum atomic E-state index is -0.189. The van der Waals surface area contributed by atoms with Gasteiger partial charge in [0.05, 0.1) is 13.0 Å². The van der Waals surface area contributed by atoms with Crippen LogP contribution in [0.5, 0.6) is 11.5 Å². The first-order valence-corrected chi connectivity index (χ1v) is 10.6. The predicted octanol–water partition coefficient (Wildman–Crippen LogP) is 3.81. The molecule has 1 atom stereocenters. The topological polar surface area (TPSA) is 67.9 Å².